The molecule has 2 unspecified atom stereocenters. The topological polar surface area (TPSA) is 95.4 Å². The van der Waals surface area contributed by atoms with Crippen LogP contribution in [0, 0.1) is 5.92 Å². The number of aromatic nitrogens is 1. The van der Waals surface area contributed by atoms with Gasteiger partial charge in [0, 0.05) is 24.6 Å². The molecule has 0 spiro atoms. The Hall–Kier alpha value is -2.84. The number of ether oxygens (including phenoxy) is 1. The lowest BCUT2D eigenvalue weighted by atomic mass is 9.89. The first-order chi connectivity index (χ1) is 14.2. The van der Waals surface area contributed by atoms with E-state index >= 15 is 0 Å². The molecular formula is C21H25N3O5+2. The van der Waals surface area contributed by atoms with Crippen LogP contribution in [-0.4, -0.2) is 61.8 Å². The number of H-pyrrole nitrogens is 1. The molecule has 0 radical (unpaired) electrons. The molecule has 4 heterocycles. The predicted molar refractivity (Wildman–Crippen MR) is 100.0 cm³/mol. The molecule has 2 aliphatic rings. The number of amides is 1. The van der Waals surface area contributed by atoms with Gasteiger partial charge in [0.05, 0.1) is 32.1 Å². The minimum Gasteiger partial charge on any atom is -0.461 e. The van der Waals surface area contributed by atoms with Crippen LogP contribution in [0.4, 0.5) is 0 Å². The third kappa shape index (κ3) is 3.99. The van der Waals surface area contributed by atoms with E-state index in [-0.39, 0.29) is 5.76 Å². The van der Waals surface area contributed by atoms with Crippen LogP contribution in [0.2, 0.25) is 0 Å². The van der Waals surface area contributed by atoms with Gasteiger partial charge in [0.2, 0.25) is 11.6 Å². The van der Waals surface area contributed by atoms with Crippen molar-refractivity contribution in [2.24, 2.45) is 5.92 Å². The summed E-state index contributed by atoms with van der Waals surface area (Å²) in [6.07, 6.45) is 5.63. The van der Waals surface area contributed by atoms with Crippen molar-refractivity contribution in [1.82, 2.24) is 4.90 Å². The monoisotopic (exact) mass is 399 g/mol. The largest absolute Gasteiger partial charge is 0.461 e. The lowest BCUT2D eigenvalue weighted by molar-refractivity contribution is -0.908. The van der Waals surface area contributed by atoms with Gasteiger partial charge in [0.1, 0.15) is 19.0 Å². The highest BCUT2D eigenvalue weighted by molar-refractivity contribution is 6.43. The Bertz CT molecular complexity index is 862. The van der Waals surface area contributed by atoms with Crippen molar-refractivity contribution >= 4 is 17.5 Å². The van der Waals surface area contributed by atoms with Crippen LogP contribution < -0.4 is 9.88 Å². The first kappa shape index (κ1) is 19.5. The molecule has 2 aromatic rings. The first-order valence-electron chi connectivity index (χ1n) is 9.96. The van der Waals surface area contributed by atoms with Crippen LogP contribution in [0.3, 0.4) is 0 Å². The van der Waals surface area contributed by atoms with E-state index in [0.29, 0.717) is 6.54 Å². The van der Waals surface area contributed by atoms with Crippen molar-refractivity contribution in [3.05, 3.63) is 54.2 Å². The maximum Gasteiger partial charge on any atom is 0.291 e. The summed E-state index contributed by atoms with van der Waals surface area (Å²) in [4.78, 5) is 44.6. The van der Waals surface area contributed by atoms with Gasteiger partial charge in [-0.3, -0.25) is 14.4 Å². The summed E-state index contributed by atoms with van der Waals surface area (Å²) in [6, 6.07) is 6.12. The molecule has 152 valence electrons. The molecule has 0 saturated carbocycles. The Morgan fingerprint density at radius 3 is 2.72 bits per heavy atom. The van der Waals surface area contributed by atoms with Gasteiger partial charge in [-0.15, -0.1) is 0 Å². The van der Waals surface area contributed by atoms with Crippen molar-refractivity contribution in [3.63, 3.8) is 0 Å². The predicted octanol–water partition coefficient (Wildman–Crippen LogP) is -0.650. The van der Waals surface area contributed by atoms with Gasteiger partial charge in [0.15, 0.2) is 18.2 Å². The van der Waals surface area contributed by atoms with Gasteiger partial charge in [0.25, 0.3) is 5.91 Å². The number of nitrogens with one attached hydrogen (secondary N) is 2. The van der Waals surface area contributed by atoms with Gasteiger partial charge in [-0.05, 0) is 18.2 Å². The summed E-state index contributed by atoms with van der Waals surface area (Å²) in [6.45, 7) is 4.71. The molecule has 2 fully saturated rings. The number of Topliss-reactive ketones (excluding diaryl/α,β-unsaturated/α-hetero) is 2. The van der Waals surface area contributed by atoms with E-state index in [0.717, 1.165) is 44.8 Å². The Kier molecular flexibility index (Phi) is 5.82. The maximum atomic E-state index is 13.0. The number of morpholine rings is 1. The molecule has 29 heavy (non-hydrogen) atoms. The summed E-state index contributed by atoms with van der Waals surface area (Å²) in [7, 11) is 0. The minimum absolute atomic E-state index is 0.0978. The molecule has 2 aromatic heterocycles. The summed E-state index contributed by atoms with van der Waals surface area (Å²) >= 11 is 0. The number of hydrogen-bond acceptors (Lipinski definition) is 5. The maximum absolute atomic E-state index is 13.0. The standard InChI is InChI=1S/C21H23N3O5/c25-19(16-5-2-11-29-16)17-18(15-4-1-6-22-14-15)24(21(27)20(17)26)8-3-7-23-9-12-28-13-10-23/h1-2,4-6,11,14,17-18H,3,7-10,12-13H2/p+2. The van der Waals surface area contributed by atoms with E-state index in [1.165, 1.54) is 17.2 Å². The average molecular weight is 399 g/mol. The van der Waals surface area contributed by atoms with Gasteiger partial charge in [-0.1, -0.05) is 0 Å². The van der Waals surface area contributed by atoms with Crippen LogP contribution in [-0.2, 0) is 14.3 Å². The second kappa shape index (κ2) is 8.67. The highest BCUT2D eigenvalue weighted by Gasteiger charge is 2.52. The number of hydrogen-bond donors (Lipinski definition) is 1. The van der Waals surface area contributed by atoms with E-state index in [1.54, 1.807) is 29.4 Å². The highest BCUT2D eigenvalue weighted by atomic mass is 16.5. The summed E-state index contributed by atoms with van der Waals surface area (Å²) in [5.41, 5.74) is 0.732. The van der Waals surface area contributed by atoms with E-state index in [2.05, 4.69) is 4.98 Å². The highest BCUT2D eigenvalue weighted by Crippen LogP contribution is 2.37. The number of rotatable bonds is 7. The quantitative estimate of drug-likeness (QED) is 0.379. The molecule has 0 aromatic carbocycles. The third-order valence-corrected chi connectivity index (χ3v) is 5.65. The lowest BCUT2D eigenvalue weighted by Crippen LogP contribution is -3.14. The molecule has 8 heteroatoms. The fraction of sp³-hybridized carbons (Fsp3) is 0.429. The molecule has 2 aliphatic heterocycles. The second-order valence-electron chi connectivity index (χ2n) is 7.43. The molecule has 2 N–H and O–H groups in total. The zero-order chi connectivity index (χ0) is 20.2. The number of aromatic amines is 1. The van der Waals surface area contributed by atoms with Crippen LogP contribution in [0.5, 0.6) is 0 Å². The Morgan fingerprint density at radius 1 is 1.21 bits per heavy atom. The second-order valence-corrected chi connectivity index (χ2v) is 7.43. The number of furan rings is 1. The van der Waals surface area contributed by atoms with Crippen molar-refractivity contribution in [2.45, 2.75) is 12.5 Å². The zero-order valence-electron chi connectivity index (χ0n) is 16.1. The lowest BCUT2D eigenvalue weighted by Gasteiger charge is -2.27. The van der Waals surface area contributed by atoms with E-state index in [1.807, 2.05) is 6.07 Å². The van der Waals surface area contributed by atoms with E-state index in [4.69, 9.17) is 9.15 Å². The Morgan fingerprint density at radius 2 is 2.03 bits per heavy atom. The van der Waals surface area contributed by atoms with Crippen LogP contribution in [0.1, 0.15) is 28.6 Å². The normalized spacial score (nSPS) is 23.0. The van der Waals surface area contributed by atoms with Gasteiger partial charge < -0.3 is 19.0 Å². The first-order valence-corrected chi connectivity index (χ1v) is 9.96. The Labute approximate surface area is 168 Å². The van der Waals surface area contributed by atoms with Crippen LogP contribution >= 0.6 is 0 Å². The fourth-order valence-corrected chi connectivity index (χ4v) is 4.17. The summed E-state index contributed by atoms with van der Waals surface area (Å²) in [5, 5.41) is 0. The van der Waals surface area contributed by atoms with Crippen LogP contribution in [0.15, 0.2) is 47.3 Å². The molecule has 2 atom stereocenters. The minimum atomic E-state index is -1.10. The smallest absolute Gasteiger partial charge is 0.291 e. The molecule has 0 aliphatic carbocycles. The molecular weight excluding hydrogens is 374 g/mol. The number of carbonyl (C=O) groups excluding carboxylic acids is 3. The van der Waals surface area contributed by atoms with Crippen molar-refractivity contribution in [3.8, 4) is 0 Å². The average Bonchev–Trinajstić information content (AvgIpc) is 3.38. The zero-order valence-corrected chi connectivity index (χ0v) is 16.1. The number of likely N-dealkylation sites (tertiary alicyclic amines) is 1. The van der Waals surface area contributed by atoms with E-state index in [9.17, 15) is 14.4 Å². The Balaban J connectivity index is 1.56. The molecule has 1 amide bonds. The molecule has 8 nitrogen and oxygen atoms in total. The number of ketones is 2. The number of nitrogens with zero attached hydrogens (tertiary/aromatic N) is 1. The SMILES string of the molecule is O=C1C(=O)N(CCC[NH+]2CCOCC2)C(c2ccc[nH+]c2)C1C(=O)c1ccco1. The molecule has 2 saturated heterocycles. The van der Waals surface area contributed by atoms with Crippen molar-refractivity contribution in [1.29, 1.82) is 0 Å². The fourth-order valence-electron chi connectivity index (χ4n) is 4.17. The number of carbonyl (C=O) groups is 3. The molecule has 4 rings (SSSR count). The van der Waals surface area contributed by atoms with E-state index < -0.39 is 29.4 Å². The number of pyridine rings is 1. The van der Waals surface area contributed by atoms with Gasteiger partial charge >= 0.3 is 0 Å². The summed E-state index contributed by atoms with van der Waals surface area (Å²) < 4.78 is 10.6. The van der Waals surface area contributed by atoms with Gasteiger partial charge in [-0.25, -0.2) is 4.98 Å². The van der Waals surface area contributed by atoms with Crippen molar-refractivity contribution < 1.29 is 33.4 Å². The summed E-state index contributed by atoms with van der Waals surface area (Å²) in [5.74, 6) is -2.72. The van der Waals surface area contributed by atoms with Gasteiger partial charge in [-0.2, -0.15) is 0 Å². The van der Waals surface area contributed by atoms with Crippen molar-refractivity contribution in [2.75, 3.05) is 39.4 Å². The van der Waals surface area contributed by atoms with Crippen LogP contribution in [0.25, 0.3) is 0 Å². The third-order valence-electron chi connectivity index (χ3n) is 5.65. The molecule has 0 bridgehead atoms. The number of quaternary nitrogens is 1.